The minimum Gasteiger partial charge on any atom is -0.481 e. The summed E-state index contributed by atoms with van der Waals surface area (Å²) in [5.41, 5.74) is 0. The van der Waals surface area contributed by atoms with Crippen LogP contribution in [0.4, 0.5) is 0 Å². The molecule has 0 bridgehead atoms. The molecule has 4 heteroatoms. The van der Waals surface area contributed by atoms with E-state index in [-0.39, 0.29) is 24.5 Å². The maximum atomic E-state index is 10.5. The van der Waals surface area contributed by atoms with Gasteiger partial charge in [-0.15, -0.1) is 0 Å². The van der Waals surface area contributed by atoms with Crippen LogP contribution in [0.3, 0.4) is 0 Å². The van der Waals surface area contributed by atoms with Gasteiger partial charge in [-0.05, 0) is 50.4 Å². The van der Waals surface area contributed by atoms with E-state index in [1.165, 1.54) is 0 Å². The molecule has 1 aliphatic carbocycles. The van der Waals surface area contributed by atoms with Crippen LogP contribution in [0.1, 0.15) is 71.1 Å². The van der Waals surface area contributed by atoms with Gasteiger partial charge in [0.05, 0.1) is 12.2 Å². The Morgan fingerprint density at radius 2 is 2.00 bits per heavy atom. The summed E-state index contributed by atoms with van der Waals surface area (Å²) >= 11 is 0. The number of carbonyl (C=O) groups is 1. The molecule has 4 unspecified atom stereocenters. The molecule has 24 heavy (non-hydrogen) atoms. The summed E-state index contributed by atoms with van der Waals surface area (Å²) in [5, 5.41) is 28.8. The number of aliphatic hydroxyl groups is 2. The second-order valence-corrected chi connectivity index (χ2v) is 6.91. The summed E-state index contributed by atoms with van der Waals surface area (Å²) in [6.45, 7) is 2.15. The fraction of sp³-hybridized carbons (Fsp3) is 0.750. The van der Waals surface area contributed by atoms with Gasteiger partial charge in [0.1, 0.15) is 0 Å². The molecular formula is C20H34O4. The summed E-state index contributed by atoms with van der Waals surface area (Å²) in [7, 11) is 0. The van der Waals surface area contributed by atoms with Crippen molar-refractivity contribution in [3.63, 3.8) is 0 Å². The predicted molar refractivity (Wildman–Crippen MR) is 96.8 cm³/mol. The lowest BCUT2D eigenvalue weighted by atomic mass is 9.90. The maximum Gasteiger partial charge on any atom is 0.303 e. The van der Waals surface area contributed by atoms with Crippen molar-refractivity contribution in [2.24, 2.45) is 11.8 Å². The van der Waals surface area contributed by atoms with E-state index in [4.69, 9.17) is 5.11 Å². The van der Waals surface area contributed by atoms with Crippen LogP contribution in [0.25, 0.3) is 0 Å². The topological polar surface area (TPSA) is 77.8 Å². The van der Waals surface area contributed by atoms with E-state index in [9.17, 15) is 15.0 Å². The third-order valence-electron chi connectivity index (χ3n) is 4.86. The van der Waals surface area contributed by atoms with Gasteiger partial charge < -0.3 is 15.3 Å². The maximum absolute atomic E-state index is 10.5. The number of hydrogen-bond donors (Lipinski definition) is 3. The first kappa shape index (κ1) is 20.9. The molecule has 0 spiro atoms. The number of aliphatic hydroxyl groups excluding tert-OH is 2. The van der Waals surface area contributed by atoms with E-state index in [0.717, 1.165) is 51.4 Å². The molecule has 4 atom stereocenters. The summed E-state index contributed by atoms with van der Waals surface area (Å²) in [6, 6.07) is 0. The van der Waals surface area contributed by atoms with Gasteiger partial charge >= 0.3 is 5.97 Å². The zero-order chi connectivity index (χ0) is 17.8. The summed E-state index contributed by atoms with van der Waals surface area (Å²) in [6.07, 6.45) is 15.9. The number of unbranched alkanes of at least 4 members (excludes halogenated alkanes) is 3. The molecule has 4 nitrogen and oxygen atoms in total. The fourth-order valence-electron chi connectivity index (χ4n) is 3.36. The summed E-state index contributed by atoms with van der Waals surface area (Å²) < 4.78 is 0. The zero-order valence-electron chi connectivity index (χ0n) is 14.9. The average molecular weight is 338 g/mol. The standard InChI is InChI=1S/C20H34O4/c1-2-3-6-9-17(21)14-12-16-13-15-19(22)18(16)10-7-4-5-8-11-20(23)24/h4,7,12,14,16-19,21-22H,2-3,5-6,8-11,13,15H2,1H3,(H,23,24)/b7-4+,14-12+. The van der Waals surface area contributed by atoms with Crippen LogP contribution in [0.15, 0.2) is 24.3 Å². The first-order valence-electron chi connectivity index (χ1n) is 9.45. The van der Waals surface area contributed by atoms with Crippen molar-refractivity contribution in [3.05, 3.63) is 24.3 Å². The predicted octanol–water partition coefficient (Wildman–Crippen LogP) is 4.07. The molecule has 0 amide bonds. The number of carboxylic acid groups (broad SMARTS) is 1. The second kappa shape index (κ2) is 12.3. The number of rotatable bonds is 12. The lowest BCUT2D eigenvalue weighted by Gasteiger charge is -2.18. The smallest absolute Gasteiger partial charge is 0.303 e. The van der Waals surface area contributed by atoms with Crippen molar-refractivity contribution in [1.29, 1.82) is 0 Å². The Kier molecular flexibility index (Phi) is 10.7. The Morgan fingerprint density at radius 3 is 2.71 bits per heavy atom. The largest absolute Gasteiger partial charge is 0.481 e. The number of hydrogen-bond acceptors (Lipinski definition) is 3. The van der Waals surface area contributed by atoms with E-state index >= 15 is 0 Å². The third-order valence-corrected chi connectivity index (χ3v) is 4.86. The lowest BCUT2D eigenvalue weighted by Crippen LogP contribution is -2.17. The highest BCUT2D eigenvalue weighted by Gasteiger charge is 2.32. The molecule has 1 rings (SSSR count). The van der Waals surface area contributed by atoms with E-state index in [1.54, 1.807) is 0 Å². The molecular weight excluding hydrogens is 304 g/mol. The summed E-state index contributed by atoms with van der Waals surface area (Å²) in [4.78, 5) is 10.5. The van der Waals surface area contributed by atoms with Crippen molar-refractivity contribution in [2.75, 3.05) is 0 Å². The van der Waals surface area contributed by atoms with Crippen molar-refractivity contribution in [1.82, 2.24) is 0 Å². The van der Waals surface area contributed by atoms with Gasteiger partial charge in [-0.25, -0.2) is 0 Å². The highest BCUT2D eigenvalue weighted by molar-refractivity contribution is 5.66. The van der Waals surface area contributed by atoms with Crippen LogP contribution in [0.2, 0.25) is 0 Å². The van der Waals surface area contributed by atoms with E-state index in [0.29, 0.717) is 12.3 Å². The highest BCUT2D eigenvalue weighted by Crippen LogP contribution is 2.36. The molecule has 0 aromatic rings. The monoisotopic (exact) mass is 338 g/mol. The molecule has 0 aromatic heterocycles. The van der Waals surface area contributed by atoms with Crippen LogP contribution in [0, 0.1) is 11.8 Å². The van der Waals surface area contributed by atoms with Gasteiger partial charge in [0.2, 0.25) is 0 Å². The minimum atomic E-state index is -0.752. The fourth-order valence-corrected chi connectivity index (χ4v) is 3.36. The quantitative estimate of drug-likeness (QED) is 0.370. The van der Waals surface area contributed by atoms with E-state index in [1.807, 2.05) is 12.2 Å². The van der Waals surface area contributed by atoms with Crippen molar-refractivity contribution in [2.45, 2.75) is 83.3 Å². The zero-order valence-corrected chi connectivity index (χ0v) is 14.9. The molecule has 1 aliphatic rings. The van der Waals surface area contributed by atoms with Crippen LogP contribution in [-0.2, 0) is 4.79 Å². The van der Waals surface area contributed by atoms with Gasteiger partial charge in [-0.1, -0.05) is 50.5 Å². The third kappa shape index (κ3) is 8.65. The molecule has 1 fully saturated rings. The normalized spacial score (nSPS) is 25.7. The molecule has 0 saturated heterocycles. The number of carboxylic acids is 1. The van der Waals surface area contributed by atoms with E-state index in [2.05, 4.69) is 19.1 Å². The molecule has 138 valence electrons. The van der Waals surface area contributed by atoms with Crippen molar-refractivity contribution in [3.8, 4) is 0 Å². The Hall–Kier alpha value is -1.13. The molecule has 0 aromatic carbocycles. The second-order valence-electron chi connectivity index (χ2n) is 6.91. The van der Waals surface area contributed by atoms with Gasteiger partial charge in [-0.2, -0.15) is 0 Å². The van der Waals surface area contributed by atoms with Crippen molar-refractivity contribution >= 4 is 5.97 Å². The molecule has 0 radical (unpaired) electrons. The van der Waals surface area contributed by atoms with Gasteiger partial charge in [0.15, 0.2) is 0 Å². The Bertz CT molecular complexity index is 402. The van der Waals surface area contributed by atoms with Gasteiger partial charge in [0, 0.05) is 6.42 Å². The highest BCUT2D eigenvalue weighted by atomic mass is 16.4. The SMILES string of the molecule is CCCCCC(O)/C=C/C1CCC(O)C1C/C=C/CCCC(=O)O. The van der Waals surface area contributed by atoms with Crippen LogP contribution in [-0.4, -0.2) is 33.5 Å². The lowest BCUT2D eigenvalue weighted by molar-refractivity contribution is -0.137. The Balaban J connectivity index is 2.35. The van der Waals surface area contributed by atoms with Crippen LogP contribution in [0.5, 0.6) is 0 Å². The Morgan fingerprint density at radius 1 is 1.21 bits per heavy atom. The van der Waals surface area contributed by atoms with Gasteiger partial charge in [0.25, 0.3) is 0 Å². The first-order valence-corrected chi connectivity index (χ1v) is 9.45. The van der Waals surface area contributed by atoms with Gasteiger partial charge in [-0.3, -0.25) is 4.79 Å². The number of allylic oxidation sites excluding steroid dienone is 3. The van der Waals surface area contributed by atoms with E-state index < -0.39 is 5.97 Å². The first-order chi connectivity index (χ1) is 11.5. The van der Waals surface area contributed by atoms with Crippen LogP contribution < -0.4 is 0 Å². The Labute approximate surface area is 146 Å². The molecule has 0 heterocycles. The number of aliphatic carboxylic acids is 1. The minimum absolute atomic E-state index is 0.206. The summed E-state index contributed by atoms with van der Waals surface area (Å²) in [5.74, 6) is -0.221. The molecule has 0 aliphatic heterocycles. The average Bonchev–Trinajstić information content (AvgIpc) is 2.89. The van der Waals surface area contributed by atoms with Crippen molar-refractivity contribution < 1.29 is 20.1 Å². The van der Waals surface area contributed by atoms with Crippen LogP contribution >= 0.6 is 0 Å². The molecule has 3 N–H and O–H groups in total. The molecule has 1 saturated carbocycles.